The Hall–Kier alpha value is -0.520. The van der Waals surface area contributed by atoms with Crippen molar-refractivity contribution in [2.24, 2.45) is 0 Å². The van der Waals surface area contributed by atoms with Crippen LogP contribution in [0.15, 0.2) is 11.4 Å². The zero-order chi connectivity index (χ0) is 12.1. The van der Waals surface area contributed by atoms with Crippen molar-refractivity contribution in [3.8, 4) is 0 Å². The molecule has 1 aromatic rings. The Morgan fingerprint density at radius 3 is 3.18 bits per heavy atom. The minimum absolute atomic E-state index is 0.151. The lowest BCUT2D eigenvalue weighted by molar-refractivity contribution is -0.121. The maximum absolute atomic E-state index is 11.8. The third-order valence-corrected chi connectivity index (χ3v) is 5.00. The summed E-state index contributed by atoms with van der Waals surface area (Å²) in [4.78, 5) is 13.0. The molecular weight excluding hydrogens is 252 g/mol. The SMILES string of the molecule is Cc1ccsc1CNC(=O)CC1CSCCN1. The van der Waals surface area contributed by atoms with Gasteiger partial charge in [-0.05, 0) is 23.9 Å². The largest absolute Gasteiger partial charge is 0.351 e. The van der Waals surface area contributed by atoms with Gasteiger partial charge < -0.3 is 10.6 Å². The quantitative estimate of drug-likeness (QED) is 0.876. The van der Waals surface area contributed by atoms with Gasteiger partial charge in [-0.25, -0.2) is 0 Å². The normalized spacial score (nSPS) is 20.2. The van der Waals surface area contributed by atoms with Gasteiger partial charge in [0.15, 0.2) is 0 Å². The second-order valence-corrected chi connectivity index (χ2v) is 6.38. The van der Waals surface area contributed by atoms with Gasteiger partial charge in [0.1, 0.15) is 0 Å². The molecule has 1 saturated heterocycles. The highest BCUT2D eigenvalue weighted by molar-refractivity contribution is 7.99. The fraction of sp³-hybridized carbons (Fsp3) is 0.583. The maximum atomic E-state index is 11.8. The second-order valence-electron chi connectivity index (χ2n) is 4.23. The van der Waals surface area contributed by atoms with Crippen LogP contribution in [0, 0.1) is 6.92 Å². The van der Waals surface area contributed by atoms with Crippen LogP contribution in [0.5, 0.6) is 0 Å². The first kappa shape index (κ1) is 12.9. The van der Waals surface area contributed by atoms with E-state index in [2.05, 4.69) is 29.0 Å². The minimum Gasteiger partial charge on any atom is -0.351 e. The maximum Gasteiger partial charge on any atom is 0.221 e. The molecule has 94 valence electrons. The van der Waals surface area contributed by atoms with Crippen LogP contribution in [0.1, 0.15) is 16.9 Å². The van der Waals surface area contributed by atoms with E-state index in [0.29, 0.717) is 19.0 Å². The fourth-order valence-corrected chi connectivity index (χ4v) is 3.61. The Labute approximate surface area is 110 Å². The Balaban J connectivity index is 1.72. The van der Waals surface area contributed by atoms with E-state index in [0.717, 1.165) is 18.1 Å². The minimum atomic E-state index is 0.151. The van der Waals surface area contributed by atoms with Crippen molar-refractivity contribution >= 4 is 29.0 Å². The molecule has 0 aromatic carbocycles. The average Bonchev–Trinajstić information content (AvgIpc) is 2.74. The predicted molar refractivity (Wildman–Crippen MR) is 74.6 cm³/mol. The molecule has 0 bridgehead atoms. The molecular formula is C12H18N2OS2. The molecule has 1 unspecified atom stereocenters. The number of aryl methyl sites for hydroxylation is 1. The highest BCUT2D eigenvalue weighted by Crippen LogP contribution is 2.15. The zero-order valence-corrected chi connectivity index (χ0v) is 11.6. The molecule has 3 nitrogen and oxygen atoms in total. The van der Waals surface area contributed by atoms with Crippen LogP contribution in [0.4, 0.5) is 0 Å². The summed E-state index contributed by atoms with van der Waals surface area (Å²) < 4.78 is 0. The summed E-state index contributed by atoms with van der Waals surface area (Å²) in [5, 5.41) is 8.44. The van der Waals surface area contributed by atoms with Crippen molar-refractivity contribution in [1.29, 1.82) is 0 Å². The molecule has 1 fully saturated rings. The molecule has 1 amide bonds. The lowest BCUT2D eigenvalue weighted by Crippen LogP contribution is -2.41. The number of nitrogens with one attached hydrogen (secondary N) is 2. The number of thiophene rings is 1. The third kappa shape index (κ3) is 4.01. The molecule has 2 heterocycles. The van der Waals surface area contributed by atoms with Crippen molar-refractivity contribution in [3.05, 3.63) is 21.9 Å². The summed E-state index contributed by atoms with van der Waals surface area (Å²) >= 11 is 3.63. The van der Waals surface area contributed by atoms with Gasteiger partial charge in [-0.2, -0.15) is 11.8 Å². The van der Waals surface area contributed by atoms with Crippen LogP contribution in [-0.2, 0) is 11.3 Å². The molecule has 0 saturated carbocycles. The lowest BCUT2D eigenvalue weighted by Gasteiger charge is -2.22. The molecule has 2 N–H and O–H groups in total. The zero-order valence-electron chi connectivity index (χ0n) is 9.99. The smallest absolute Gasteiger partial charge is 0.221 e. The number of carbonyl (C=O) groups excluding carboxylic acids is 1. The van der Waals surface area contributed by atoms with Crippen molar-refractivity contribution in [3.63, 3.8) is 0 Å². The highest BCUT2D eigenvalue weighted by Gasteiger charge is 2.16. The van der Waals surface area contributed by atoms with Crippen molar-refractivity contribution in [1.82, 2.24) is 10.6 Å². The van der Waals surface area contributed by atoms with E-state index >= 15 is 0 Å². The van der Waals surface area contributed by atoms with Crippen LogP contribution in [-0.4, -0.2) is 30.0 Å². The summed E-state index contributed by atoms with van der Waals surface area (Å²) in [6, 6.07) is 2.43. The fourth-order valence-electron chi connectivity index (χ4n) is 1.81. The van der Waals surface area contributed by atoms with Gasteiger partial charge in [0.05, 0.1) is 6.54 Å². The number of carbonyl (C=O) groups is 1. The first-order valence-corrected chi connectivity index (χ1v) is 7.90. The summed E-state index contributed by atoms with van der Waals surface area (Å²) in [6.45, 7) is 3.77. The number of hydrogen-bond acceptors (Lipinski definition) is 4. The van der Waals surface area contributed by atoms with Crippen molar-refractivity contribution in [2.45, 2.75) is 25.9 Å². The van der Waals surface area contributed by atoms with Crippen LogP contribution in [0.3, 0.4) is 0 Å². The Kier molecular flexibility index (Phi) is 4.88. The van der Waals surface area contributed by atoms with E-state index in [1.165, 1.54) is 10.4 Å². The van der Waals surface area contributed by atoms with Crippen molar-refractivity contribution in [2.75, 3.05) is 18.1 Å². The van der Waals surface area contributed by atoms with E-state index in [1.54, 1.807) is 11.3 Å². The van der Waals surface area contributed by atoms with Gasteiger partial charge in [0.25, 0.3) is 0 Å². The molecule has 1 aromatic heterocycles. The third-order valence-electron chi connectivity index (χ3n) is 2.84. The monoisotopic (exact) mass is 270 g/mol. The van der Waals surface area contributed by atoms with Gasteiger partial charge in [-0.15, -0.1) is 11.3 Å². The topological polar surface area (TPSA) is 41.1 Å². The van der Waals surface area contributed by atoms with E-state index < -0.39 is 0 Å². The summed E-state index contributed by atoms with van der Waals surface area (Å²) in [7, 11) is 0. The van der Waals surface area contributed by atoms with Gasteiger partial charge in [-0.1, -0.05) is 0 Å². The summed E-state index contributed by atoms with van der Waals surface area (Å²) in [6.07, 6.45) is 0.595. The van der Waals surface area contributed by atoms with E-state index in [1.807, 2.05) is 11.8 Å². The van der Waals surface area contributed by atoms with E-state index in [9.17, 15) is 4.79 Å². The molecule has 1 aliphatic heterocycles. The highest BCUT2D eigenvalue weighted by atomic mass is 32.2. The Morgan fingerprint density at radius 1 is 1.65 bits per heavy atom. The van der Waals surface area contributed by atoms with Gasteiger partial charge in [0, 0.05) is 35.4 Å². The van der Waals surface area contributed by atoms with Gasteiger partial charge in [0.2, 0.25) is 5.91 Å². The number of amides is 1. The Bertz CT molecular complexity index is 372. The van der Waals surface area contributed by atoms with E-state index in [4.69, 9.17) is 0 Å². The van der Waals surface area contributed by atoms with Crippen LogP contribution in [0.2, 0.25) is 0 Å². The molecule has 0 spiro atoms. The van der Waals surface area contributed by atoms with Crippen LogP contribution >= 0.6 is 23.1 Å². The molecule has 5 heteroatoms. The first-order chi connectivity index (χ1) is 8.25. The average molecular weight is 270 g/mol. The van der Waals surface area contributed by atoms with Crippen LogP contribution in [0.25, 0.3) is 0 Å². The van der Waals surface area contributed by atoms with Crippen molar-refractivity contribution < 1.29 is 4.79 Å². The lowest BCUT2D eigenvalue weighted by atomic mass is 10.2. The first-order valence-electron chi connectivity index (χ1n) is 5.86. The molecule has 1 atom stereocenters. The van der Waals surface area contributed by atoms with Crippen LogP contribution < -0.4 is 10.6 Å². The second kappa shape index (κ2) is 6.42. The number of rotatable bonds is 4. The van der Waals surface area contributed by atoms with Gasteiger partial charge in [-0.3, -0.25) is 4.79 Å². The molecule has 1 aliphatic rings. The van der Waals surface area contributed by atoms with Gasteiger partial charge >= 0.3 is 0 Å². The Morgan fingerprint density at radius 2 is 2.53 bits per heavy atom. The standard InChI is InChI=1S/C12H18N2OS2/c1-9-2-4-17-11(9)7-14-12(15)6-10-8-16-5-3-13-10/h2,4,10,13H,3,5-8H2,1H3,(H,14,15). The number of hydrogen-bond donors (Lipinski definition) is 2. The predicted octanol–water partition coefficient (Wildman–Crippen LogP) is 1.77. The summed E-state index contributed by atoms with van der Waals surface area (Å²) in [5.74, 6) is 2.36. The molecule has 17 heavy (non-hydrogen) atoms. The summed E-state index contributed by atoms with van der Waals surface area (Å²) in [5.41, 5.74) is 1.27. The molecule has 2 rings (SSSR count). The van der Waals surface area contributed by atoms with E-state index in [-0.39, 0.29) is 5.91 Å². The number of thioether (sulfide) groups is 1. The molecule has 0 radical (unpaired) electrons. The molecule has 0 aliphatic carbocycles.